The molecule has 0 aliphatic rings. The Kier molecular flexibility index (Phi) is 4.24. The van der Waals surface area contributed by atoms with Crippen LogP contribution in [0.2, 0.25) is 0 Å². The quantitative estimate of drug-likeness (QED) is 0.784. The van der Waals surface area contributed by atoms with Gasteiger partial charge < -0.3 is 0 Å². The summed E-state index contributed by atoms with van der Waals surface area (Å²) in [5, 5.41) is 0. The molecule has 0 saturated carbocycles. The van der Waals surface area contributed by atoms with Gasteiger partial charge in [-0.05, 0) is 0 Å². The Balaban J connectivity index is 2.03. The van der Waals surface area contributed by atoms with E-state index in [1.807, 2.05) is 13.8 Å². The molecule has 0 fully saturated rings. The van der Waals surface area contributed by atoms with Crippen molar-refractivity contribution in [2.24, 2.45) is 0 Å². The first-order valence-corrected chi connectivity index (χ1v) is 7.45. The van der Waals surface area contributed by atoms with Gasteiger partial charge in [0.15, 0.2) is 0 Å². The fourth-order valence-electron chi connectivity index (χ4n) is 1.48. The first kappa shape index (κ1) is 12.2. The van der Waals surface area contributed by atoms with Crippen molar-refractivity contribution in [1.29, 1.82) is 0 Å². The summed E-state index contributed by atoms with van der Waals surface area (Å²) in [6.45, 7) is 4.09. The van der Waals surface area contributed by atoms with Crippen LogP contribution in [0.25, 0.3) is 0 Å². The predicted molar refractivity (Wildman–Crippen MR) is 73.7 cm³/mol. The molecule has 2 aromatic rings. The molecule has 0 atom stereocenters. The van der Waals surface area contributed by atoms with Gasteiger partial charge in [-0.3, -0.25) is 0 Å². The Labute approximate surface area is 109 Å². The molecule has 0 saturated heterocycles. The van der Waals surface area contributed by atoms with Gasteiger partial charge in [-0.25, -0.2) is 0 Å². The van der Waals surface area contributed by atoms with Gasteiger partial charge in [0.05, 0.1) is 0 Å². The third-order valence-corrected chi connectivity index (χ3v) is 4.31. The molecule has 17 heavy (non-hydrogen) atoms. The maximum absolute atomic E-state index is 5.63. The molecule has 0 heterocycles. The standard InChI is InChI=1S/C15H16OSe/c1-12(2)16-13-8-10-15(11-9-13)17-14-6-4-3-5-7-14/h3-12H,1-2H3. The molecule has 0 aromatic heterocycles. The van der Waals surface area contributed by atoms with Gasteiger partial charge in [-0.1, -0.05) is 0 Å². The molecule has 0 unspecified atom stereocenters. The van der Waals surface area contributed by atoms with Gasteiger partial charge in [0.1, 0.15) is 0 Å². The third kappa shape index (κ3) is 3.92. The van der Waals surface area contributed by atoms with Crippen LogP contribution in [0.5, 0.6) is 5.75 Å². The van der Waals surface area contributed by atoms with Crippen LogP contribution in [0.3, 0.4) is 0 Å². The Morgan fingerprint density at radius 2 is 1.41 bits per heavy atom. The summed E-state index contributed by atoms with van der Waals surface area (Å²) in [6, 6.07) is 19.0. The SMILES string of the molecule is CC(C)Oc1ccc([Se]c2ccccc2)cc1. The topological polar surface area (TPSA) is 9.23 Å². The van der Waals surface area contributed by atoms with E-state index >= 15 is 0 Å². The summed E-state index contributed by atoms with van der Waals surface area (Å²) in [6.07, 6.45) is 0.237. The molecule has 2 rings (SSSR count). The van der Waals surface area contributed by atoms with Crippen LogP contribution < -0.4 is 13.7 Å². The van der Waals surface area contributed by atoms with E-state index in [0.717, 1.165) is 5.75 Å². The molecular formula is C15H16OSe. The van der Waals surface area contributed by atoms with Gasteiger partial charge in [-0.2, -0.15) is 0 Å². The second-order valence-corrected chi connectivity index (χ2v) is 6.46. The summed E-state index contributed by atoms with van der Waals surface area (Å²) >= 11 is 0.387. The molecule has 2 heteroatoms. The second kappa shape index (κ2) is 5.90. The molecule has 0 amide bonds. The van der Waals surface area contributed by atoms with Crippen molar-refractivity contribution in [3.05, 3.63) is 54.6 Å². The van der Waals surface area contributed by atoms with Gasteiger partial charge in [0.2, 0.25) is 0 Å². The summed E-state index contributed by atoms with van der Waals surface area (Å²) in [5.74, 6) is 0.951. The van der Waals surface area contributed by atoms with Crippen molar-refractivity contribution in [2.45, 2.75) is 20.0 Å². The Hall–Kier alpha value is -1.24. The first-order chi connectivity index (χ1) is 8.24. The fourth-order valence-corrected chi connectivity index (χ4v) is 3.24. The molecule has 1 nitrogen and oxygen atoms in total. The molecular weight excluding hydrogens is 275 g/mol. The fraction of sp³-hybridized carbons (Fsp3) is 0.200. The van der Waals surface area contributed by atoms with Crippen LogP contribution in [0.1, 0.15) is 13.8 Å². The Morgan fingerprint density at radius 3 is 2.00 bits per heavy atom. The van der Waals surface area contributed by atoms with Crippen molar-refractivity contribution in [2.75, 3.05) is 0 Å². The van der Waals surface area contributed by atoms with E-state index in [-0.39, 0.29) is 6.10 Å². The molecule has 0 aliphatic carbocycles. The van der Waals surface area contributed by atoms with Gasteiger partial charge in [-0.15, -0.1) is 0 Å². The van der Waals surface area contributed by atoms with E-state index in [4.69, 9.17) is 4.74 Å². The van der Waals surface area contributed by atoms with Crippen LogP contribution in [0.4, 0.5) is 0 Å². The molecule has 88 valence electrons. The number of ether oxygens (including phenoxy) is 1. The molecule has 0 radical (unpaired) electrons. The van der Waals surface area contributed by atoms with Crippen LogP contribution in [0, 0.1) is 0 Å². The minimum absolute atomic E-state index is 0.237. The number of benzene rings is 2. The maximum atomic E-state index is 5.63. The summed E-state index contributed by atoms with van der Waals surface area (Å²) in [4.78, 5) is 0. The number of hydrogen-bond acceptors (Lipinski definition) is 1. The van der Waals surface area contributed by atoms with Crippen LogP contribution >= 0.6 is 0 Å². The minimum atomic E-state index is 0.237. The van der Waals surface area contributed by atoms with Crippen molar-refractivity contribution in [3.63, 3.8) is 0 Å². The van der Waals surface area contributed by atoms with Crippen molar-refractivity contribution in [3.8, 4) is 5.75 Å². The van der Waals surface area contributed by atoms with E-state index in [9.17, 15) is 0 Å². The van der Waals surface area contributed by atoms with Crippen LogP contribution in [-0.2, 0) is 0 Å². The van der Waals surface area contributed by atoms with E-state index in [1.165, 1.54) is 8.92 Å². The van der Waals surface area contributed by atoms with Crippen LogP contribution in [0.15, 0.2) is 54.6 Å². The third-order valence-electron chi connectivity index (χ3n) is 2.17. The normalized spacial score (nSPS) is 10.5. The number of hydrogen-bond donors (Lipinski definition) is 0. The van der Waals surface area contributed by atoms with E-state index in [1.54, 1.807) is 0 Å². The summed E-state index contributed by atoms with van der Waals surface area (Å²) < 4.78 is 8.40. The van der Waals surface area contributed by atoms with E-state index in [0.29, 0.717) is 15.0 Å². The van der Waals surface area contributed by atoms with Crippen molar-refractivity contribution < 1.29 is 4.74 Å². The predicted octanol–water partition coefficient (Wildman–Crippen LogP) is 2.13. The molecule has 0 aliphatic heterocycles. The zero-order chi connectivity index (χ0) is 12.1. The molecule has 0 spiro atoms. The summed E-state index contributed by atoms with van der Waals surface area (Å²) in [5.41, 5.74) is 0. The van der Waals surface area contributed by atoms with Crippen LogP contribution in [-0.4, -0.2) is 21.1 Å². The Morgan fingerprint density at radius 1 is 0.824 bits per heavy atom. The van der Waals surface area contributed by atoms with Crippen molar-refractivity contribution >= 4 is 23.9 Å². The Bertz CT molecular complexity index is 448. The summed E-state index contributed by atoms with van der Waals surface area (Å²) in [7, 11) is 0. The second-order valence-electron chi connectivity index (χ2n) is 4.05. The molecule has 2 aromatic carbocycles. The molecule has 0 bridgehead atoms. The van der Waals surface area contributed by atoms with E-state index in [2.05, 4.69) is 54.6 Å². The monoisotopic (exact) mass is 292 g/mol. The zero-order valence-electron chi connectivity index (χ0n) is 10.1. The number of rotatable bonds is 4. The van der Waals surface area contributed by atoms with Crippen molar-refractivity contribution in [1.82, 2.24) is 0 Å². The van der Waals surface area contributed by atoms with Gasteiger partial charge in [0.25, 0.3) is 0 Å². The average Bonchev–Trinajstić information content (AvgIpc) is 2.32. The van der Waals surface area contributed by atoms with E-state index < -0.39 is 0 Å². The average molecular weight is 291 g/mol. The zero-order valence-corrected chi connectivity index (χ0v) is 11.8. The first-order valence-electron chi connectivity index (χ1n) is 5.73. The van der Waals surface area contributed by atoms with Gasteiger partial charge in [0, 0.05) is 0 Å². The van der Waals surface area contributed by atoms with Gasteiger partial charge >= 0.3 is 109 Å². The molecule has 0 N–H and O–H groups in total.